The zero-order valence-corrected chi connectivity index (χ0v) is 6.13. The maximum atomic E-state index is 12.6. The van der Waals surface area contributed by atoms with Gasteiger partial charge in [-0.15, -0.1) is 0 Å². The third-order valence-corrected chi connectivity index (χ3v) is 1.57. The summed E-state index contributed by atoms with van der Waals surface area (Å²) in [6.45, 7) is 2.85. The highest BCUT2D eigenvalue weighted by atomic mass is 19.2. The van der Waals surface area contributed by atoms with E-state index in [4.69, 9.17) is 0 Å². The molecule has 0 aliphatic heterocycles. The summed E-state index contributed by atoms with van der Waals surface area (Å²) in [5, 5.41) is 0. The molecule has 59 valence electrons. The largest absolute Gasteiger partial charge is 0.203 e. The number of rotatable bonds is 0. The number of aryl methyl sites for hydroxylation is 1. The molecule has 0 bridgehead atoms. The van der Waals surface area contributed by atoms with Gasteiger partial charge in [0.2, 0.25) is 0 Å². The molecule has 0 unspecified atom stereocenters. The van der Waals surface area contributed by atoms with Crippen LogP contribution in [0.15, 0.2) is 0 Å². The SMILES string of the molecule is Cc1[c]c(F)c(F)c(F)c1C. The number of halogens is 3. The van der Waals surface area contributed by atoms with Crippen LogP contribution in [-0.4, -0.2) is 0 Å². The summed E-state index contributed by atoms with van der Waals surface area (Å²) in [6, 6.07) is 2.07. The van der Waals surface area contributed by atoms with E-state index in [9.17, 15) is 13.2 Å². The maximum absolute atomic E-state index is 12.6. The summed E-state index contributed by atoms with van der Waals surface area (Å²) in [6.07, 6.45) is 0. The Bertz CT molecular complexity index is 266. The number of benzene rings is 1. The molecule has 0 aliphatic rings. The standard InChI is InChI=1S/C8H6F3/c1-4-3-6(9)8(11)7(10)5(4)2/h1-2H3. The maximum Gasteiger partial charge on any atom is 0.195 e. The molecule has 0 fully saturated rings. The Morgan fingerprint density at radius 2 is 1.55 bits per heavy atom. The van der Waals surface area contributed by atoms with Crippen molar-refractivity contribution in [1.82, 2.24) is 0 Å². The molecule has 11 heavy (non-hydrogen) atoms. The van der Waals surface area contributed by atoms with Crippen LogP contribution in [0.4, 0.5) is 13.2 Å². The lowest BCUT2D eigenvalue weighted by atomic mass is 10.1. The van der Waals surface area contributed by atoms with Crippen molar-refractivity contribution in [2.45, 2.75) is 13.8 Å². The average molecular weight is 159 g/mol. The quantitative estimate of drug-likeness (QED) is 0.510. The molecular weight excluding hydrogens is 153 g/mol. The summed E-state index contributed by atoms with van der Waals surface area (Å²) >= 11 is 0. The zero-order chi connectivity index (χ0) is 8.59. The van der Waals surface area contributed by atoms with Gasteiger partial charge in [-0.05, 0) is 25.0 Å². The van der Waals surface area contributed by atoms with Crippen molar-refractivity contribution >= 4 is 0 Å². The molecule has 0 nitrogen and oxygen atoms in total. The highest BCUT2D eigenvalue weighted by Crippen LogP contribution is 2.17. The lowest BCUT2D eigenvalue weighted by Gasteiger charge is -2.01. The van der Waals surface area contributed by atoms with Crippen LogP contribution >= 0.6 is 0 Å². The first-order valence-electron chi connectivity index (χ1n) is 3.07. The Kier molecular flexibility index (Phi) is 1.89. The van der Waals surface area contributed by atoms with Gasteiger partial charge in [0.15, 0.2) is 17.5 Å². The number of hydrogen-bond donors (Lipinski definition) is 0. The van der Waals surface area contributed by atoms with Crippen LogP contribution in [0.2, 0.25) is 0 Å². The third-order valence-electron chi connectivity index (χ3n) is 1.57. The molecule has 3 heteroatoms. The van der Waals surface area contributed by atoms with Crippen molar-refractivity contribution in [1.29, 1.82) is 0 Å². The molecule has 1 aromatic rings. The van der Waals surface area contributed by atoms with Gasteiger partial charge in [0.25, 0.3) is 0 Å². The summed E-state index contributed by atoms with van der Waals surface area (Å²) < 4.78 is 37.4. The van der Waals surface area contributed by atoms with E-state index in [2.05, 4.69) is 6.07 Å². The Morgan fingerprint density at radius 3 is 2.09 bits per heavy atom. The minimum atomic E-state index is -1.45. The van der Waals surface area contributed by atoms with Crippen LogP contribution in [0.3, 0.4) is 0 Å². The van der Waals surface area contributed by atoms with E-state index < -0.39 is 17.5 Å². The molecule has 0 aromatic heterocycles. The lowest BCUT2D eigenvalue weighted by molar-refractivity contribution is 0.441. The van der Waals surface area contributed by atoms with Crippen molar-refractivity contribution in [3.63, 3.8) is 0 Å². The molecule has 0 atom stereocenters. The highest BCUT2D eigenvalue weighted by Gasteiger charge is 2.13. The summed E-state index contributed by atoms with van der Waals surface area (Å²) in [5.74, 6) is -3.84. The Balaban J connectivity index is 3.46. The minimum absolute atomic E-state index is 0.101. The van der Waals surface area contributed by atoms with Crippen LogP contribution in [0.1, 0.15) is 11.1 Å². The minimum Gasteiger partial charge on any atom is -0.203 e. The van der Waals surface area contributed by atoms with Crippen LogP contribution in [0.5, 0.6) is 0 Å². The van der Waals surface area contributed by atoms with E-state index in [0.29, 0.717) is 5.56 Å². The van der Waals surface area contributed by atoms with Gasteiger partial charge in [-0.1, -0.05) is 0 Å². The topological polar surface area (TPSA) is 0 Å². The first-order chi connectivity index (χ1) is 5.04. The molecule has 0 spiro atoms. The van der Waals surface area contributed by atoms with Gasteiger partial charge >= 0.3 is 0 Å². The zero-order valence-electron chi connectivity index (χ0n) is 6.13. The van der Waals surface area contributed by atoms with Crippen molar-refractivity contribution in [2.24, 2.45) is 0 Å². The summed E-state index contributed by atoms with van der Waals surface area (Å²) in [5.41, 5.74) is 0.394. The second kappa shape index (κ2) is 2.57. The summed E-state index contributed by atoms with van der Waals surface area (Å²) in [7, 11) is 0. The Labute approximate surface area is 62.7 Å². The lowest BCUT2D eigenvalue weighted by Crippen LogP contribution is -1.97. The van der Waals surface area contributed by atoms with Gasteiger partial charge in [-0.2, -0.15) is 0 Å². The molecule has 0 amide bonds. The van der Waals surface area contributed by atoms with Gasteiger partial charge in [0.1, 0.15) is 0 Å². The molecule has 0 saturated heterocycles. The average Bonchev–Trinajstić information content (AvgIpc) is 1.97. The van der Waals surface area contributed by atoms with E-state index in [0.717, 1.165) is 0 Å². The molecule has 0 heterocycles. The summed E-state index contributed by atoms with van der Waals surface area (Å²) in [4.78, 5) is 0. The van der Waals surface area contributed by atoms with E-state index in [1.165, 1.54) is 13.8 Å². The van der Waals surface area contributed by atoms with Crippen LogP contribution in [-0.2, 0) is 0 Å². The van der Waals surface area contributed by atoms with Crippen LogP contribution in [0.25, 0.3) is 0 Å². The van der Waals surface area contributed by atoms with Crippen molar-refractivity contribution in [2.75, 3.05) is 0 Å². The normalized spacial score (nSPS) is 10.3. The molecule has 1 rings (SSSR count). The van der Waals surface area contributed by atoms with Crippen molar-refractivity contribution in [3.05, 3.63) is 34.6 Å². The number of hydrogen-bond acceptors (Lipinski definition) is 0. The van der Waals surface area contributed by atoms with E-state index in [1.54, 1.807) is 0 Å². The fourth-order valence-corrected chi connectivity index (χ4v) is 0.739. The second-order valence-electron chi connectivity index (χ2n) is 2.32. The second-order valence-corrected chi connectivity index (χ2v) is 2.32. The van der Waals surface area contributed by atoms with E-state index in [-0.39, 0.29) is 5.56 Å². The van der Waals surface area contributed by atoms with Crippen LogP contribution < -0.4 is 0 Å². The highest BCUT2D eigenvalue weighted by molar-refractivity contribution is 5.26. The molecule has 0 saturated carbocycles. The van der Waals surface area contributed by atoms with Gasteiger partial charge in [-0.25, -0.2) is 13.2 Å². The first kappa shape index (κ1) is 8.11. The Hall–Kier alpha value is -0.990. The van der Waals surface area contributed by atoms with Gasteiger partial charge in [0.05, 0.1) is 0 Å². The van der Waals surface area contributed by atoms with Crippen molar-refractivity contribution in [3.8, 4) is 0 Å². The van der Waals surface area contributed by atoms with E-state index >= 15 is 0 Å². The molecule has 0 aliphatic carbocycles. The predicted molar refractivity (Wildman–Crippen MR) is 34.6 cm³/mol. The van der Waals surface area contributed by atoms with Gasteiger partial charge in [0, 0.05) is 6.07 Å². The first-order valence-corrected chi connectivity index (χ1v) is 3.07. The van der Waals surface area contributed by atoms with Crippen LogP contribution in [0, 0.1) is 37.4 Å². The fourth-order valence-electron chi connectivity index (χ4n) is 0.739. The molecule has 1 radical (unpaired) electrons. The Morgan fingerprint density at radius 1 is 1.00 bits per heavy atom. The molecule has 0 N–H and O–H groups in total. The monoisotopic (exact) mass is 159 g/mol. The fraction of sp³-hybridized carbons (Fsp3) is 0.250. The molecular formula is C8H6F3. The third kappa shape index (κ3) is 1.23. The van der Waals surface area contributed by atoms with Gasteiger partial charge in [-0.3, -0.25) is 0 Å². The van der Waals surface area contributed by atoms with Gasteiger partial charge < -0.3 is 0 Å². The smallest absolute Gasteiger partial charge is 0.195 e. The predicted octanol–water partition coefficient (Wildman–Crippen LogP) is 2.52. The van der Waals surface area contributed by atoms with E-state index in [1.807, 2.05) is 0 Å². The van der Waals surface area contributed by atoms with Crippen molar-refractivity contribution < 1.29 is 13.2 Å². The molecule has 1 aromatic carbocycles.